The first kappa shape index (κ1) is 11.5. The van der Waals surface area contributed by atoms with Crippen LogP contribution in [0.15, 0.2) is 18.2 Å². The van der Waals surface area contributed by atoms with Crippen molar-refractivity contribution in [2.24, 2.45) is 0 Å². The van der Waals surface area contributed by atoms with Gasteiger partial charge in [-0.25, -0.2) is 0 Å². The number of anilines is 1. The van der Waals surface area contributed by atoms with Gasteiger partial charge in [-0.2, -0.15) is 0 Å². The number of hydrogen-bond acceptors (Lipinski definition) is 2. The molecule has 4 heteroatoms. The summed E-state index contributed by atoms with van der Waals surface area (Å²) in [6.07, 6.45) is 0. The molecule has 0 fully saturated rings. The molecule has 0 saturated carbocycles. The lowest BCUT2D eigenvalue weighted by Gasteiger charge is -2.07. The molecule has 0 spiro atoms. The number of methoxy groups -OCH3 is 1. The fourth-order valence-electron chi connectivity index (χ4n) is 1.04. The highest BCUT2D eigenvalue weighted by Crippen LogP contribution is 2.18. The topological polar surface area (TPSA) is 38.3 Å². The standard InChI is InChI=1S/C10H12INO2/c1-7-3-4-9(8(11)5-7)12-10(13)6-14-2/h3-5H,6H2,1-2H3,(H,12,13). The molecule has 0 atom stereocenters. The Balaban J connectivity index is 2.72. The molecule has 1 N–H and O–H groups in total. The minimum absolute atomic E-state index is 0.0873. The van der Waals surface area contributed by atoms with E-state index in [-0.39, 0.29) is 12.5 Å². The van der Waals surface area contributed by atoms with Gasteiger partial charge >= 0.3 is 0 Å². The number of nitrogens with one attached hydrogen (secondary N) is 1. The molecule has 0 unspecified atom stereocenters. The van der Waals surface area contributed by atoms with Crippen LogP contribution in [0.5, 0.6) is 0 Å². The Labute approximate surface area is 97.0 Å². The maximum atomic E-state index is 11.2. The van der Waals surface area contributed by atoms with Gasteiger partial charge < -0.3 is 10.1 Å². The molecule has 0 aliphatic carbocycles. The number of benzene rings is 1. The van der Waals surface area contributed by atoms with Crippen LogP contribution >= 0.6 is 22.6 Å². The molecule has 1 amide bonds. The van der Waals surface area contributed by atoms with E-state index in [9.17, 15) is 4.79 Å². The third-order valence-electron chi connectivity index (χ3n) is 1.67. The zero-order chi connectivity index (χ0) is 10.6. The highest BCUT2D eigenvalue weighted by atomic mass is 127. The summed E-state index contributed by atoms with van der Waals surface area (Å²) in [5.41, 5.74) is 2.01. The summed E-state index contributed by atoms with van der Waals surface area (Å²) < 4.78 is 5.76. The lowest BCUT2D eigenvalue weighted by molar-refractivity contribution is -0.119. The Bertz CT molecular complexity index is 339. The van der Waals surface area contributed by atoms with Gasteiger partial charge in [-0.05, 0) is 47.2 Å². The van der Waals surface area contributed by atoms with Crippen molar-refractivity contribution >= 4 is 34.2 Å². The quantitative estimate of drug-likeness (QED) is 0.869. The number of hydrogen-bond donors (Lipinski definition) is 1. The minimum atomic E-state index is -0.130. The lowest BCUT2D eigenvalue weighted by atomic mass is 10.2. The van der Waals surface area contributed by atoms with Crippen molar-refractivity contribution in [3.05, 3.63) is 27.3 Å². The number of aryl methyl sites for hydroxylation is 1. The molecule has 0 radical (unpaired) electrons. The highest BCUT2D eigenvalue weighted by molar-refractivity contribution is 14.1. The van der Waals surface area contributed by atoms with Crippen molar-refractivity contribution in [2.45, 2.75) is 6.92 Å². The maximum Gasteiger partial charge on any atom is 0.250 e. The molecule has 1 aromatic rings. The molecule has 0 heterocycles. The van der Waals surface area contributed by atoms with Gasteiger partial charge in [-0.15, -0.1) is 0 Å². The van der Waals surface area contributed by atoms with Gasteiger partial charge in [0.25, 0.3) is 0 Å². The number of amides is 1. The first-order valence-corrected chi connectivity index (χ1v) is 5.26. The number of rotatable bonds is 3. The van der Waals surface area contributed by atoms with Crippen LogP contribution in [0.25, 0.3) is 0 Å². The SMILES string of the molecule is COCC(=O)Nc1ccc(C)cc1I. The Kier molecular flexibility index (Phi) is 4.34. The van der Waals surface area contributed by atoms with E-state index in [0.717, 1.165) is 9.26 Å². The predicted octanol–water partition coefficient (Wildman–Crippen LogP) is 2.18. The van der Waals surface area contributed by atoms with E-state index in [1.54, 1.807) is 0 Å². The van der Waals surface area contributed by atoms with Crippen LogP contribution in [-0.2, 0) is 9.53 Å². The van der Waals surface area contributed by atoms with E-state index < -0.39 is 0 Å². The molecule has 0 aliphatic rings. The van der Waals surface area contributed by atoms with E-state index >= 15 is 0 Å². The summed E-state index contributed by atoms with van der Waals surface area (Å²) in [5.74, 6) is -0.130. The van der Waals surface area contributed by atoms with Gasteiger partial charge in [0.05, 0.1) is 5.69 Å². The third kappa shape index (κ3) is 3.26. The van der Waals surface area contributed by atoms with Gasteiger partial charge in [0, 0.05) is 10.7 Å². The predicted molar refractivity (Wildman–Crippen MR) is 64.4 cm³/mol. The smallest absolute Gasteiger partial charge is 0.250 e. The normalized spacial score (nSPS) is 9.93. The van der Waals surface area contributed by atoms with E-state index in [1.807, 2.05) is 25.1 Å². The number of carbonyl (C=O) groups is 1. The van der Waals surface area contributed by atoms with Crippen LogP contribution in [0.1, 0.15) is 5.56 Å². The fourth-order valence-corrected chi connectivity index (χ4v) is 1.84. The average Bonchev–Trinajstić information content (AvgIpc) is 2.10. The molecule has 0 bridgehead atoms. The zero-order valence-electron chi connectivity index (χ0n) is 8.13. The average molecular weight is 305 g/mol. The molecular formula is C10H12INO2. The number of ether oxygens (including phenoxy) is 1. The summed E-state index contributed by atoms with van der Waals surface area (Å²) >= 11 is 2.19. The van der Waals surface area contributed by atoms with Crippen molar-refractivity contribution < 1.29 is 9.53 Å². The van der Waals surface area contributed by atoms with E-state index in [2.05, 4.69) is 27.9 Å². The van der Waals surface area contributed by atoms with Crippen LogP contribution in [0.3, 0.4) is 0 Å². The Hall–Kier alpha value is -0.620. The third-order valence-corrected chi connectivity index (χ3v) is 2.57. The van der Waals surface area contributed by atoms with Crippen LogP contribution in [0.4, 0.5) is 5.69 Å². The molecule has 1 aromatic carbocycles. The van der Waals surface area contributed by atoms with Gasteiger partial charge in [0.15, 0.2) is 0 Å². The molecule has 3 nitrogen and oxygen atoms in total. The summed E-state index contributed by atoms with van der Waals surface area (Å²) in [6.45, 7) is 2.10. The molecule has 1 rings (SSSR count). The summed E-state index contributed by atoms with van der Waals surface area (Å²) in [7, 11) is 1.50. The van der Waals surface area contributed by atoms with Crippen LogP contribution in [0.2, 0.25) is 0 Å². The Morgan fingerprint density at radius 1 is 1.57 bits per heavy atom. The second kappa shape index (κ2) is 5.31. The van der Waals surface area contributed by atoms with Crippen LogP contribution < -0.4 is 5.32 Å². The Morgan fingerprint density at radius 2 is 2.29 bits per heavy atom. The van der Waals surface area contributed by atoms with E-state index in [0.29, 0.717) is 0 Å². The summed E-state index contributed by atoms with van der Waals surface area (Å²) in [6, 6.07) is 5.87. The van der Waals surface area contributed by atoms with Crippen molar-refractivity contribution in [3.63, 3.8) is 0 Å². The van der Waals surface area contributed by atoms with E-state index in [1.165, 1.54) is 12.7 Å². The zero-order valence-corrected chi connectivity index (χ0v) is 10.3. The van der Waals surface area contributed by atoms with E-state index in [4.69, 9.17) is 4.74 Å². The first-order valence-electron chi connectivity index (χ1n) is 4.18. The lowest BCUT2D eigenvalue weighted by Crippen LogP contribution is -2.17. The largest absolute Gasteiger partial charge is 0.375 e. The second-order valence-corrected chi connectivity index (χ2v) is 4.13. The Morgan fingerprint density at radius 3 is 2.86 bits per heavy atom. The van der Waals surface area contributed by atoms with Crippen molar-refractivity contribution in [1.82, 2.24) is 0 Å². The number of halogens is 1. The van der Waals surface area contributed by atoms with Gasteiger partial charge in [0.1, 0.15) is 6.61 Å². The highest BCUT2D eigenvalue weighted by Gasteiger charge is 2.04. The van der Waals surface area contributed by atoms with Crippen LogP contribution in [-0.4, -0.2) is 19.6 Å². The fraction of sp³-hybridized carbons (Fsp3) is 0.300. The molecule has 14 heavy (non-hydrogen) atoms. The molecular weight excluding hydrogens is 293 g/mol. The molecule has 0 saturated heterocycles. The van der Waals surface area contributed by atoms with Gasteiger partial charge in [-0.3, -0.25) is 4.79 Å². The molecule has 0 aliphatic heterocycles. The van der Waals surface area contributed by atoms with Crippen molar-refractivity contribution in [3.8, 4) is 0 Å². The second-order valence-electron chi connectivity index (χ2n) is 2.96. The first-order chi connectivity index (χ1) is 6.63. The minimum Gasteiger partial charge on any atom is -0.375 e. The summed E-state index contributed by atoms with van der Waals surface area (Å²) in [5, 5.41) is 2.77. The van der Waals surface area contributed by atoms with Crippen LogP contribution in [0, 0.1) is 10.5 Å². The molecule has 0 aromatic heterocycles. The number of carbonyl (C=O) groups excluding carboxylic acids is 1. The van der Waals surface area contributed by atoms with Crippen molar-refractivity contribution in [1.29, 1.82) is 0 Å². The maximum absolute atomic E-state index is 11.2. The monoisotopic (exact) mass is 305 g/mol. The van der Waals surface area contributed by atoms with Crippen molar-refractivity contribution in [2.75, 3.05) is 19.0 Å². The molecule has 76 valence electrons. The summed E-state index contributed by atoms with van der Waals surface area (Å²) in [4.78, 5) is 11.2. The van der Waals surface area contributed by atoms with Gasteiger partial charge in [0.2, 0.25) is 5.91 Å². The van der Waals surface area contributed by atoms with Gasteiger partial charge in [-0.1, -0.05) is 6.07 Å².